The van der Waals surface area contributed by atoms with Gasteiger partial charge in [0.25, 0.3) is 0 Å². The lowest BCUT2D eigenvalue weighted by atomic mass is 10.4. The van der Waals surface area contributed by atoms with Gasteiger partial charge in [0, 0.05) is 22.9 Å². The van der Waals surface area contributed by atoms with Gasteiger partial charge in [0.1, 0.15) is 5.65 Å². The topological polar surface area (TPSA) is 43.6 Å². The quantitative estimate of drug-likeness (QED) is 0.646. The van der Waals surface area contributed by atoms with Crippen molar-refractivity contribution in [3.05, 3.63) is 40.8 Å². The molecule has 0 aliphatic heterocycles. The fourth-order valence-electron chi connectivity index (χ4n) is 1.40. The van der Waals surface area contributed by atoms with Gasteiger partial charge in [-0.05, 0) is 25.1 Å². The standard InChI is InChI=1S/C12H11BrN2O2/c1-2-17-12(16)4-3-10-8-15-6-5-9(13)7-11(15)14-10/h3-8H,2H2,1H3/b4-3+. The molecule has 0 bridgehead atoms. The van der Waals surface area contributed by atoms with E-state index in [0.717, 1.165) is 15.8 Å². The summed E-state index contributed by atoms with van der Waals surface area (Å²) in [7, 11) is 0. The van der Waals surface area contributed by atoms with E-state index in [1.54, 1.807) is 13.0 Å². The van der Waals surface area contributed by atoms with E-state index in [0.29, 0.717) is 6.61 Å². The van der Waals surface area contributed by atoms with Crippen LogP contribution in [0.1, 0.15) is 12.6 Å². The van der Waals surface area contributed by atoms with Crippen LogP contribution in [0, 0.1) is 0 Å². The van der Waals surface area contributed by atoms with Crippen molar-refractivity contribution in [1.29, 1.82) is 0 Å². The van der Waals surface area contributed by atoms with Crippen LogP contribution in [0.15, 0.2) is 35.1 Å². The highest BCUT2D eigenvalue weighted by Gasteiger charge is 2.00. The molecule has 0 unspecified atom stereocenters. The molecule has 0 aliphatic rings. The summed E-state index contributed by atoms with van der Waals surface area (Å²) in [5.41, 5.74) is 1.54. The molecule has 0 saturated heterocycles. The summed E-state index contributed by atoms with van der Waals surface area (Å²) in [5, 5.41) is 0. The molecule has 0 aromatic carbocycles. The zero-order chi connectivity index (χ0) is 12.3. The molecule has 17 heavy (non-hydrogen) atoms. The molecule has 5 heteroatoms. The minimum absolute atomic E-state index is 0.356. The average Bonchev–Trinajstić information content (AvgIpc) is 2.68. The van der Waals surface area contributed by atoms with Crippen LogP contribution in [-0.2, 0) is 9.53 Å². The molecule has 4 nitrogen and oxygen atoms in total. The van der Waals surface area contributed by atoms with Gasteiger partial charge >= 0.3 is 5.97 Å². The molecule has 0 radical (unpaired) electrons. The number of imidazole rings is 1. The highest BCUT2D eigenvalue weighted by atomic mass is 79.9. The van der Waals surface area contributed by atoms with Gasteiger partial charge in [0.05, 0.1) is 12.3 Å². The summed E-state index contributed by atoms with van der Waals surface area (Å²) in [6.07, 6.45) is 6.75. The maximum atomic E-state index is 11.1. The van der Waals surface area contributed by atoms with Crippen molar-refractivity contribution in [1.82, 2.24) is 9.38 Å². The fraction of sp³-hybridized carbons (Fsp3) is 0.167. The van der Waals surface area contributed by atoms with Crippen LogP contribution in [0.3, 0.4) is 0 Å². The molecule has 0 atom stereocenters. The Kier molecular flexibility index (Phi) is 3.58. The Hall–Kier alpha value is -1.62. The van der Waals surface area contributed by atoms with Crippen molar-refractivity contribution in [2.24, 2.45) is 0 Å². The summed E-state index contributed by atoms with van der Waals surface area (Å²) < 4.78 is 7.64. The molecular weight excluding hydrogens is 284 g/mol. The molecule has 0 spiro atoms. The van der Waals surface area contributed by atoms with Crippen molar-refractivity contribution in [3.63, 3.8) is 0 Å². The maximum absolute atomic E-state index is 11.1. The van der Waals surface area contributed by atoms with Crippen LogP contribution in [0.5, 0.6) is 0 Å². The van der Waals surface area contributed by atoms with Gasteiger partial charge < -0.3 is 9.14 Å². The van der Waals surface area contributed by atoms with E-state index in [1.807, 2.05) is 28.9 Å². The number of pyridine rings is 1. The number of ether oxygens (including phenoxy) is 1. The van der Waals surface area contributed by atoms with Crippen molar-refractivity contribution >= 4 is 33.6 Å². The van der Waals surface area contributed by atoms with E-state index < -0.39 is 0 Å². The maximum Gasteiger partial charge on any atom is 0.330 e. The number of fused-ring (bicyclic) bond motifs is 1. The van der Waals surface area contributed by atoms with Crippen molar-refractivity contribution in [3.8, 4) is 0 Å². The second kappa shape index (κ2) is 5.14. The normalized spacial score (nSPS) is 11.2. The Morgan fingerprint density at radius 3 is 3.24 bits per heavy atom. The number of esters is 1. The summed E-state index contributed by atoms with van der Waals surface area (Å²) in [4.78, 5) is 15.5. The van der Waals surface area contributed by atoms with E-state index in [2.05, 4.69) is 20.9 Å². The third kappa shape index (κ3) is 2.94. The Labute approximate surface area is 107 Å². The Morgan fingerprint density at radius 1 is 1.65 bits per heavy atom. The highest BCUT2D eigenvalue weighted by molar-refractivity contribution is 9.10. The van der Waals surface area contributed by atoms with Crippen molar-refractivity contribution in [2.45, 2.75) is 6.92 Å². The zero-order valence-corrected chi connectivity index (χ0v) is 10.8. The zero-order valence-electron chi connectivity index (χ0n) is 9.26. The van der Waals surface area contributed by atoms with E-state index in [9.17, 15) is 4.79 Å². The summed E-state index contributed by atoms with van der Waals surface area (Å²) in [5.74, 6) is -0.356. The molecule has 2 aromatic heterocycles. The molecule has 0 fully saturated rings. The minimum atomic E-state index is -0.356. The lowest BCUT2D eigenvalue weighted by Gasteiger charge is -1.92. The third-order valence-electron chi connectivity index (χ3n) is 2.12. The third-order valence-corrected chi connectivity index (χ3v) is 2.61. The first-order chi connectivity index (χ1) is 8.19. The number of carbonyl (C=O) groups excluding carboxylic acids is 1. The molecule has 0 saturated carbocycles. The number of hydrogen-bond acceptors (Lipinski definition) is 3. The second-order valence-electron chi connectivity index (χ2n) is 3.36. The fourth-order valence-corrected chi connectivity index (χ4v) is 1.72. The number of nitrogens with zero attached hydrogens (tertiary/aromatic N) is 2. The molecule has 88 valence electrons. The van der Waals surface area contributed by atoms with Gasteiger partial charge in [-0.25, -0.2) is 9.78 Å². The van der Waals surface area contributed by atoms with Gasteiger partial charge in [-0.3, -0.25) is 0 Å². The van der Waals surface area contributed by atoms with Crippen LogP contribution in [-0.4, -0.2) is 22.0 Å². The summed E-state index contributed by atoms with van der Waals surface area (Å²) >= 11 is 3.38. The minimum Gasteiger partial charge on any atom is -0.463 e. The van der Waals surface area contributed by atoms with Crippen molar-refractivity contribution in [2.75, 3.05) is 6.61 Å². The van der Waals surface area contributed by atoms with Crippen LogP contribution in [0.4, 0.5) is 0 Å². The van der Waals surface area contributed by atoms with E-state index in [1.165, 1.54) is 6.08 Å². The molecule has 2 heterocycles. The number of halogens is 1. The molecule has 2 aromatic rings. The Bertz CT molecular complexity index is 575. The number of aromatic nitrogens is 2. The SMILES string of the molecule is CCOC(=O)/C=C/c1cn2ccc(Br)cc2n1. The highest BCUT2D eigenvalue weighted by Crippen LogP contribution is 2.13. The largest absolute Gasteiger partial charge is 0.463 e. The predicted octanol–water partition coefficient (Wildman–Crippen LogP) is 2.67. The first-order valence-electron chi connectivity index (χ1n) is 5.18. The molecule has 2 rings (SSSR count). The van der Waals surface area contributed by atoms with Gasteiger partial charge in [0.15, 0.2) is 0 Å². The molecule has 0 amide bonds. The molecular formula is C12H11BrN2O2. The van der Waals surface area contributed by atoms with Crippen LogP contribution in [0.2, 0.25) is 0 Å². The average molecular weight is 295 g/mol. The second-order valence-corrected chi connectivity index (χ2v) is 4.28. The first-order valence-corrected chi connectivity index (χ1v) is 5.97. The first kappa shape index (κ1) is 11.9. The number of rotatable bonds is 3. The summed E-state index contributed by atoms with van der Waals surface area (Å²) in [6, 6.07) is 3.83. The van der Waals surface area contributed by atoms with Crippen LogP contribution in [0.25, 0.3) is 11.7 Å². The van der Waals surface area contributed by atoms with Crippen LogP contribution < -0.4 is 0 Å². The smallest absolute Gasteiger partial charge is 0.330 e. The van der Waals surface area contributed by atoms with E-state index >= 15 is 0 Å². The van der Waals surface area contributed by atoms with Gasteiger partial charge in [-0.1, -0.05) is 15.9 Å². The number of carbonyl (C=O) groups is 1. The predicted molar refractivity (Wildman–Crippen MR) is 68.6 cm³/mol. The molecule has 0 aliphatic carbocycles. The Balaban J connectivity index is 2.22. The van der Waals surface area contributed by atoms with Gasteiger partial charge in [-0.2, -0.15) is 0 Å². The monoisotopic (exact) mass is 294 g/mol. The van der Waals surface area contributed by atoms with Gasteiger partial charge in [-0.15, -0.1) is 0 Å². The Morgan fingerprint density at radius 2 is 2.47 bits per heavy atom. The van der Waals surface area contributed by atoms with Crippen molar-refractivity contribution < 1.29 is 9.53 Å². The summed E-state index contributed by atoms with van der Waals surface area (Å²) in [6.45, 7) is 2.15. The van der Waals surface area contributed by atoms with E-state index in [-0.39, 0.29) is 5.97 Å². The molecule has 0 N–H and O–H groups in total. The lowest BCUT2D eigenvalue weighted by Crippen LogP contribution is -1.98. The lowest BCUT2D eigenvalue weighted by molar-refractivity contribution is -0.137. The van der Waals surface area contributed by atoms with Gasteiger partial charge in [0.2, 0.25) is 0 Å². The van der Waals surface area contributed by atoms with Crippen LogP contribution >= 0.6 is 15.9 Å². The van der Waals surface area contributed by atoms with E-state index in [4.69, 9.17) is 4.74 Å². The number of hydrogen-bond donors (Lipinski definition) is 0.